The Morgan fingerprint density at radius 1 is 1.32 bits per heavy atom. The van der Waals surface area contributed by atoms with Gasteiger partial charge in [-0.2, -0.15) is 0 Å². The summed E-state index contributed by atoms with van der Waals surface area (Å²) in [6.45, 7) is 8.50. The average molecular weight is 276 g/mol. The fourth-order valence-corrected chi connectivity index (χ4v) is 3.97. The number of aromatic nitrogens is 2. The molecule has 1 aliphatic heterocycles. The highest BCUT2D eigenvalue weighted by Crippen LogP contribution is 2.35. The largest absolute Gasteiger partial charge is 0.354 e. The molecule has 0 bridgehead atoms. The SMILES string of the molecule is Cc1sc2ncnc(N3CC(C)CC(N)C3)c2c1C. The fraction of sp³-hybridized carbons (Fsp3) is 0.571. The lowest BCUT2D eigenvalue weighted by Gasteiger charge is -2.35. The zero-order chi connectivity index (χ0) is 13.6. The number of thiophene rings is 1. The second kappa shape index (κ2) is 4.72. The molecule has 0 spiro atoms. The van der Waals surface area contributed by atoms with Crippen molar-refractivity contribution in [2.45, 2.75) is 33.2 Å². The normalized spacial score (nSPS) is 24.1. The minimum Gasteiger partial charge on any atom is -0.354 e. The van der Waals surface area contributed by atoms with Gasteiger partial charge in [-0.15, -0.1) is 11.3 Å². The maximum atomic E-state index is 6.16. The van der Waals surface area contributed by atoms with Crippen LogP contribution in [0, 0.1) is 19.8 Å². The molecule has 2 atom stereocenters. The first-order chi connectivity index (χ1) is 9.06. The van der Waals surface area contributed by atoms with Crippen LogP contribution in [0.15, 0.2) is 6.33 Å². The molecular weight excluding hydrogens is 256 g/mol. The van der Waals surface area contributed by atoms with Gasteiger partial charge in [-0.3, -0.25) is 0 Å². The third-order valence-electron chi connectivity index (χ3n) is 3.94. The first-order valence-corrected chi connectivity index (χ1v) is 7.59. The molecule has 102 valence electrons. The van der Waals surface area contributed by atoms with Gasteiger partial charge in [-0.1, -0.05) is 6.92 Å². The Bertz CT molecular complexity index is 597. The molecule has 19 heavy (non-hydrogen) atoms. The van der Waals surface area contributed by atoms with Crippen molar-refractivity contribution < 1.29 is 0 Å². The van der Waals surface area contributed by atoms with E-state index < -0.39 is 0 Å². The van der Waals surface area contributed by atoms with Gasteiger partial charge in [0.2, 0.25) is 0 Å². The van der Waals surface area contributed by atoms with Gasteiger partial charge in [0, 0.05) is 24.0 Å². The van der Waals surface area contributed by atoms with Crippen LogP contribution in [0.1, 0.15) is 23.8 Å². The monoisotopic (exact) mass is 276 g/mol. The highest BCUT2D eigenvalue weighted by molar-refractivity contribution is 7.18. The summed E-state index contributed by atoms with van der Waals surface area (Å²) in [6.07, 6.45) is 2.78. The third-order valence-corrected chi connectivity index (χ3v) is 5.05. The quantitative estimate of drug-likeness (QED) is 0.869. The van der Waals surface area contributed by atoms with Crippen molar-refractivity contribution in [1.29, 1.82) is 0 Å². The number of hydrogen-bond acceptors (Lipinski definition) is 5. The number of aryl methyl sites for hydroxylation is 2. The van der Waals surface area contributed by atoms with E-state index in [4.69, 9.17) is 5.73 Å². The summed E-state index contributed by atoms with van der Waals surface area (Å²) in [6, 6.07) is 0.244. The second-order valence-corrected chi connectivity index (χ2v) is 6.87. The van der Waals surface area contributed by atoms with Crippen molar-refractivity contribution in [3.05, 3.63) is 16.8 Å². The molecule has 1 fully saturated rings. The number of piperidine rings is 1. The number of nitrogens with two attached hydrogens (primary N) is 1. The number of rotatable bonds is 1. The smallest absolute Gasteiger partial charge is 0.141 e. The van der Waals surface area contributed by atoms with Crippen molar-refractivity contribution in [2.75, 3.05) is 18.0 Å². The van der Waals surface area contributed by atoms with Crippen molar-refractivity contribution in [2.24, 2.45) is 11.7 Å². The molecule has 2 N–H and O–H groups in total. The molecule has 2 aromatic rings. The first kappa shape index (κ1) is 12.8. The first-order valence-electron chi connectivity index (χ1n) is 6.77. The molecule has 5 heteroatoms. The van der Waals surface area contributed by atoms with E-state index in [-0.39, 0.29) is 6.04 Å². The lowest BCUT2D eigenvalue weighted by atomic mass is 9.96. The Morgan fingerprint density at radius 2 is 2.11 bits per heavy atom. The van der Waals surface area contributed by atoms with Crippen LogP contribution in [0.4, 0.5) is 5.82 Å². The molecule has 2 unspecified atom stereocenters. The predicted molar refractivity (Wildman–Crippen MR) is 80.9 cm³/mol. The third kappa shape index (κ3) is 2.21. The van der Waals surface area contributed by atoms with Crippen LogP contribution in [0.2, 0.25) is 0 Å². The lowest BCUT2D eigenvalue weighted by molar-refractivity contribution is 0.400. The van der Waals surface area contributed by atoms with Crippen molar-refractivity contribution in [3.63, 3.8) is 0 Å². The van der Waals surface area contributed by atoms with E-state index >= 15 is 0 Å². The van der Waals surface area contributed by atoms with Gasteiger partial charge in [-0.05, 0) is 31.7 Å². The summed E-state index contributed by atoms with van der Waals surface area (Å²) in [5.41, 5.74) is 7.47. The molecule has 0 saturated carbocycles. The molecule has 2 aromatic heterocycles. The van der Waals surface area contributed by atoms with Gasteiger partial charge in [-0.25, -0.2) is 9.97 Å². The van der Waals surface area contributed by atoms with Crippen LogP contribution in [-0.4, -0.2) is 29.1 Å². The Balaban J connectivity index is 2.09. The van der Waals surface area contributed by atoms with Crippen LogP contribution in [0.25, 0.3) is 10.2 Å². The van der Waals surface area contributed by atoms with Crippen molar-refractivity contribution in [1.82, 2.24) is 9.97 Å². The molecule has 1 saturated heterocycles. The number of hydrogen-bond donors (Lipinski definition) is 1. The van der Waals surface area contributed by atoms with E-state index in [1.165, 1.54) is 15.8 Å². The van der Waals surface area contributed by atoms with E-state index in [1.807, 2.05) is 0 Å². The maximum absolute atomic E-state index is 6.16. The summed E-state index contributed by atoms with van der Waals surface area (Å²) in [7, 11) is 0. The summed E-state index contributed by atoms with van der Waals surface area (Å²) >= 11 is 1.75. The molecule has 0 aromatic carbocycles. The predicted octanol–water partition coefficient (Wildman–Crippen LogP) is 2.48. The minimum atomic E-state index is 0.244. The molecule has 0 radical (unpaired) electrons. The minimum absolute atomic E-state index is 0.244. The summed E-state index contributed by atoms with van der Waals surface area (Å²) in [4.78, 5) is 13.7. The Morgan fingerprint density at radius 3 is 2.84 bits per heavy atom. The summed E-state index contributed by atoms with van der Waals surface area (Å²) in [5.74, 6) is 1.68. The van der Waals surface area contributed by atoms with Crippen LogP contribution < -0.4 is 10.6 Å². The Kier molecular flexibility index (Phi) is 3.19. The molecule has 0 amide bonds. The van der Waals surface area contributed by atoms with Crippen molar-refractivity contribution >= 4 is 27.4 Å². The van der Waals surface area contributed by atoms with E-state index in [1.54, 1.807) is 17.7 Å². The summed E-state index contributed by atoms with van der Waals surface area (Å²) in [5, 5.41) is 1.21. The number of fused-ring (bicyclic) bond motifs is 1. The zero-order valence-corrected chi connectivity index (χ0v) is 12.5. The van der Waals surface area contributed by atoms with Gasteiger partial charge >= 0.3 is 0 Å². The van der Waals surface area contributed by atoms with Crippen LogP contribution in [0.3, 0.4) is 0 Å². The lowest BCUT2D eigenvalue weighted by Crippen LogP contribution is -2.46. The Labute approximate surface area is 117 Å². The fourth-order valence-electron chi connectivity index (χ4n) is 2.98. The highest BCUT2D eigenvalue weighted by Gasteiger charge is 2.25. The van der Waals surface area contributed by atoms with E-state index in [0.29, 0.717) is 5.92 Å². The van der Waals surface area contributed by atoms with Crippen LogP contribution >= 0.6 is 11.3 Å². The average Bonchev–Trinajstić information content (AvgIpc) is 2.64. The van der Waals surface area contributed by atoms with Gasteiger partial charge < -0.3 is 10.6 Å². The van der Waals surface area contributed by atoms with Crippen LogP contribution in [-0.2, 0) is 0 Å². The number of nitrogens with zero attached hydrogens (tertiary/aromatic N) is 3. The van der Waals surface area contributed by atoms with Gasteiger partial charge in [0.15, 0.2) is 0 Å². The van der Waals surface area contributed by atoms with Gasteiger partial charge in [0.25, 0.3) is 0 Å². The standard InChI is InChI=1S/C14H20N4S/c1-8-4-11(15)6-18(5-8)13-12-9(2)10(3)19-14(12)17-7-16-13/h7-8,11H,4-6,15H2,1-3H3. The maximum Gasteiger partial charge on any atom is 0.141 e. The molecule has 0 aliphatic carbocycles. The zero-order valence-electron chi connectivity index (χ0n) is 11.7. The van der Waals surface area contributed by atoms with Crippen molar-refractivity contribution in [3.8, 4) is 0 Å². The summed E-state index contributed by atoms with van der Waals surface area (Å²) < 4.78 is 0. The van der Waals surface area contributed by atoms with E-state index in [9.17, 15) is 0 Å². The highest BCUT2D eigenvalue weighted by atomic mass is 32.1. The number of anilines is 1. The van der Waals surface area contributed by atoms with E-state index in [0.717, 1.165) is 30.2 Å². The molecule has 1 aliphatic rings. The second-order valence-electron chi connectivity index (χ2n) is 5.67. The van der Waals surface area contributed by atoms with Gasteiger partial charge in [0.05, 0.1) is 5.39 Å². The molecule has 3 rings (SSSR count). The molecule has 3 heterocycles. The van der Waals surface area contributed by atoms with Crippen LogP contribution in [0.5, 0.6) is 0 Å². The molecular formula is C14H20N4S. The molecule has 4 nitrogen and oxygen atoms in total. The van der Waals surface area contributed by atoms with Gasteiger partial charge in [0.1, 0.15) is 17.0 Å². The topological polar surface area (TPSA) is 55.0 Å². The van der Waals surface area contributed by atoms with E-state index in [2.05, 4.69) is 35.6 Å². The Hall–Kier alpha value is -1.20.